The van der Waals surface area contributed by atoms with Crippen molar-refractivity contribution >= 4 is 23.2 Å². The number of carbonyl (C=O) groups is 1. The normalized spacial score (nSPS) is 10.4. The number of ether oxygens (including phenoxy) is 2. The van der Waals surface area contributed by atoms with E-state index >= 15 is 0 Å². The Balaban J connectivity index is 1.77. The van der Waals surface area contributed by atoms with Crippen LogP contribution in [0.4, 0.5) is 5.69 Å². The molecule has 0 aliphatic rings. The van der Waals surface area contributed by atoms with Gasteiger partial charge in [-0.05, 0) is 74.0 Å². The number of rotatable bonds is 7. The highest BCUT2D eigenvalue weighted by Gasteiger charge is 2.12. The monoisotopic (exact) mass is 395 g/mol. The Bertz CT molecular complexity index is 954. The number of hydrogen-bond donors (Lipinski definition) is 1. The van der Waals surface area contributed by atoms with Gasteiger partial charge in [0, 0.05) is 21.8 Å². The van der Waals surface area contributed by atoms with E-state index in [0.29, 0.717) is 35.2 Å². The van der Waals surface area contributed by atoms with Gasteiger partial charge in [0.2, 0.25) is 0 Å². The van der Waals surface area contributed by atoms with Gasteiger partial charge in [-0.25, -0.2) is 0 Å². The van der Waals surface area contributed by atoms with Gasteiger partial charge < -0.3 is 14.8 Å². The third kappa shape index (κ3) is 5.27. The minimum atomic E-state index is -0.206. The van der Waals surface area contributed by atoms with Crippen molar-refractivity contribution in [2.75, 3.05) is 11.9 Å². The largest absolute Gasteiger partial charge is 0.493 e. The standard InChI is InChI=1S/C23H22ClNO3/c1-3-27-22-12-7-17(23(26)25-20-10-8-19(24)9-11-20)14-18(22)15-28-21-6-4-5-16(2)13-21/h4-14H,3,15H2,1-2H3,(H,25,26). The van der Waals surface area contributed by atoms with E-state index in [4.69, 9.17) is 21.1 Å². The maximum absolute atomic E-state index is 12.6. The predicted molar refractivity (Wildman–Crippen MR) is 113 cm³/mol. The van der Waals surface area contributed by atoms with Crippen molar-refractivity contribution in [1.82, 2.24) is 0 Å². The minimum Gasteiger partial charge on any atom is -0.493 e. The summed E-state index contributed by atoms with van der Waals surface area (Å²) < 4.78 is 11.6. The molecule has 0 atom stereocenters. The van der Waals surface area contributed by atoms with E-state index in [9.17, 15) is 4.79 Å². The Morgan fingerprint density at radius 3 is 2.50 bits per heavy atom. The maximum atomic E-state index is 12.6. The molecule has 0 aliphatic carbocycles. The predicted octanol–water partition coefficient (Wildman–Crippen LogP) is 5.88. The van der Waals surface area contributed by atoms with Gasteiger partial charge in [-0.2, -0.15) is 0 Å². The first-order valence-electron chi connectivity index (χ1n) is 9.07. The van der Waals surface area contributed by atoms with Crippen LogP contribution in [0.2, 0.25) is 5.02 Å². The Morgan fingerprint density at radius 2 is 1.79 bits per heavy atom. The van der Waals surface area contributed by atoms with Crippen LogP contribution in [0.3, 0.4) is 0 Å². The van der Waals surface area contributed by atoms with Crippen LogP contribution >= 0.6 is 11.6 Å². The van der Waals surface area contributed by atoms with Crippen LogP contribution in [0.15, 0.2) is 66.7 Å². The number of aryl methyl sites for hydroxylation is 1. The van der Waals surface area contributed by atoms with Gasteiger partial charge >= 0.3 is 0 Å². The Morgan fingerprint density at radius 1 is 1.00 bits per heavy atom. The quantitative estimate of drug-likeness (QED) is 0.543. The molecule has 144 valence electrons. The summed E-state index contributed by atoms with van der Waals surface area (Å²) in [5.74, 6) is 1.28. The molecule has 0 unspecified atom stereocenters. The third-order valence-electron chi connectivity index (χ3n) is 4.11. The van der Waals surface area contributed by atoms with Crippen LogP contribution in [-0.2, 0) is 6.61 Å². The number of amides is 1. The molecule has 3 aromatic carbocycles. The molecule has 0 spiro atoms. The van der Waals surface area contributed by atoms with E-state index < -0.39 is 0 Å². The molecular formula is C23H22ClNO3. The highest BCUT2D eigenvalue weighted by atomic mass is 35.5. The molecule has 0 heterocycles. The van der Waals surface area contributed by atoms with Gasteiger partial charge in [-0.15, -0.1) is 0 Å². The lowest BCUT2D eigenvalue weighted by Crippen LogP contribution is -2.13. The molecule has 3 aromatic rings. The van der Waals surface area contributed by atoms with Gasteiger partial charge in [0.05, 0.1) is 6.61 Å². The second-order valence-electron chi connectivity index (χ2n) is 6.32. The first-order valence-corrected chi connectivity index (χ1v) is 9.45. The van der Waals surface area contributed by atoms with Gasteiger partial charge in [0.1, 0.15) is 18.1 Å². The Labute approximate surface area is 170 Å². The first-order chi connectivity index (χ1) is 13.5. The zero-order valence-corrected chi connectivity index (χ0v) is 16.6. The highest BCUT2D eigenvalue weighted by molar-refractivity contribution is 6.30. The second kappa shape index (κ2) is 9.29. The van der Waals surface area contributed by atoms with Crippen molar-refractivity contribution in [3.05, 3.63) is 88.4 Å². The van der Waals surface area contributed by atoms with Gasteiger partial charge in [-0.3, -0.25) is 4.79 Å². The average Bonchev–Trinajstić information content (AvgIpc) is 2.69. The first kappa shape index (κ1) is 19.8. The molecule has 0 saturated heterocycles. The molecule has 5 heteroatoms. The molecule has 28 heavy (non-hydrogen) atoms. The fraction of sp³-hybridized carbons (Fsp3) is 0.174. The molecule has 0 saturated carbocycles. The molecule has 0 fully saturated rings. The van der Waals surface area contributed by atoms with Crippen LogP contribution in [0, 0.1) is 6.92 Å². The molecule has 1 amide bonds. The lowest BCUT2D eigenvalue weighted by atomic mass is 10.1. The van der Waals surface area contributed by atoms with Crippen LogP contribution in [0.25, 0.3) is 0 Å². The number of carbonyl (C=O) groups excluding carboxylic acids is 1. The Hall–Kier alpha value is -2.98. The molecule has 0 bridgehead atoms. The number of anilines is 1. The molecule has 0 radical (unpaired) electrons. The molecule has 3 rings (SSSR count). The fourth-order valence-corrected chi connectivity index (χ4v) is 2.86. The maximum Gasteiger partial charge on any atom is 0.255 e. The SMILES string of the molecule is CCOc1ccc(C(=O)Nc2ccc(Cl)cc2)cc1COc1cccc(C)c1. The van der Waals surface area contributed by atoms with Gasteiger partial charge in [0.15, 0.2) is 0 Å². The summed E-state index contributed by atoms with van der Waals surface area (Å²) in [6.07, 6.45) is 0. The molecule has 4 nitrogen and oxygen atoms in total. The van der Waals surface area contributed by atoms with Gasteiger partial charge in [-0.1, -0.05) is 23.7 Å². The zero-order valence-electron chi connectivity index (χ0n) is 15.9. The van der Waals surface area contributed by atoms with E-state index in [1.54, 1.807) is 42.5 Å². The van der Waals surface area contributed by atoms with Crippen LogP contribution < -0.4 is 14.8 Å². The number of benzene rings is 3. The highest BCUT2D eigenvalue weighted by Crippen LogP contribution is 2.24. The molecule has 1 N–H and O–H groups in total. The van der Waals surface area contributed by atoms with Gasteiger partial charge in [0.25, 0.3) is 5.91 Å². The fourth-order valence-electron chi connectivity index (χ4n) is 2.73. The van der Waals surface area contributed by atoms with Crippen LogP contribution in [-0.4, -0.2) is 12.5 Å². The van der Waals surface area contributed by atoms with Crippen LogP contribution in [0.1, 0.15) is 28.4 Å². The van der Waals surface area contributed by atoms with E-state index in [2.05, 4.69) is 5.32 Å². The smallest absolute Gasteiger partial charge is 0.255 e. The summed E-state index contributed by atoms with van der Waals surface area (Å²) in [4.78, 5) is 12.6. The average molecular weight is 396 g/mol. The summed E-state index contributed by atoms with van der Waals surface area (Å²) in [6.45, 7) is 4.78. The summed E-state index contributed by atoms with van der Waals surface area (Å²) in [5, 5.41) is 3.49. The summed E-state index contributed by atoms with van der Waals surface area (Å²) in [6, 6.07) is 20.2. The van der Waals surface area contributed by atoms with Crippen molar-refractivity contribution in [3.8, 4) is 11.5 Å². The van der Waals surface area contributed by atoms with E-state index in [-0.39, 0.29) is 5.91 Å². The lowest BCUT2D eigenvalue weighted by Gasteiger charge is -2.14. The molecule has 0 aromatic heterocycles. The van der Waals surface area contributed by atoms with E-state index in [1.807, 2.05) is 38.1 Å². The van der Waals surface area contributed by atoms with Crippen LogP contribution in [0.5, 0.6) is 11.5 Å². The number of halogens is 1. The Kier molecular flexibility index (Phi) is 6.56. The summed E-state index contributed by atoms with van der Waals surface area (Å²) >= 11 is 5.89. The van der Waals surface area contributed by atoms with Crippen molar-refractivity contribution in [2.45, 2.75) is 20.5 Å². The number of hydrogen-bond acceptors (Lipinski definition) is 3. The van der Waals surface area contributed by atoms with E-state index in [1.165, 1.54) is 0 Å². The lowest BCUT2D eigenvalue weighted by molar-refractivity contribution is 0.102. The van der Waals surface area contributed by atoms with Crippen molar-refractivity contribution in [2.24, 2.45) is 0 Å². The van der Waals surface area contributed by atoms with E-state index in [0.717, 1.165) is 16.9 Å². The third-order valence-corrected chi connectivity index (χ3v) is 4.36. The molecule has 0 aliphatic heterocycles. The second-order valence-corrected chi connectivity index (χ2v) is 6.76. The molecular weight excluding hydrogens is 374 g/mol. The van der Waals surface area contributed by atoms with Crippen molar-refractivity contribution in [1.29, 1.82) is 0 Å². The van der Waals surface area contributed by atoms with Crippen molar-refractivity contribution in [3.63, 3.8) is 0 Å². The summed E-state index contributed by atoms with van der Waals surface area (Å²) in [7, 11) is 0. The minimum absolute atomic E-state index is 0.206. The topological polar surface area (TPSA) is 47.6 Å². The number of nitrogens with one attached hydrogen (secondary N) is 1. The zero-order chi connectivity index (χ0) is 19.9. The summed E-state index contributed by atoms with van der Waals surface area (Å²) in [5.41, 5.74) is 3.15. The van der Waals surface area contributed by atoms with Crippen molar-refractivity contribution < 1.29 is 14.3 Å².